The van der Waals surface area contributed by atoms with E-state index in [-0.39, 0.29) is 10.8 Å². The van der Waals surface area contributed by atoms with Gasteiger partial charge in [-0.15, -0.1) is 0 Å². The number of anilines is 2. The Morgan fingerprint density at radius 3 is 2.78 bits per heavy atom. The molecule has 0 saturated heterocycles. The van der Waals surface area contributed by atoms with E-state index in [1.807, 2.05) is 36.4 Å². The smallest absolute Gasteiger partial charge is 0.206 e. The van der Waals surface area contributed by atoms with Gasteiger partial charge in [-0.3, -0.25) is 4.68 Å². The van der Waals surface area contributed by atoms with Crippen LogP contribution in [0.15, 0.2) is 61.1 Å². The molecule has 0 atom stereocenters. The number of hydrogen-bond acceptors (Lipinski definition) is 6. The summed E-state index contributed by atoms with van der Waals surface area (Å²) in [6.45, 7) is 0.578. The van der Waals surface area contributed by atoms with Crippen molar-refractivity contribution in [2.45, 2.75) is 6.54 Å². The number of nitrogens with zero attached hydrogens (tertiary/aromatic N) is 4. The Hall–Kier alpha value is -3.26. The maximum atomic E-state index is 14.4. The Balaban J connectivity index is 1.50. The van der Waals surface area contributed by atoms with Gasteiger partial charge in [-0.2, -0.15) is 9.49 Å². The van der Waals surface area contributed by atoms with E-state index in [0.29, 0.717) is 23.1 Å². The van der Waals surface area contributed by atoms with Crippen molar-refractivity contribution in [3.63, 3.8) is 0 Å². The second kappa shape index (κ2) is 7.55. The normalized spacial score (nSPS) is 10.7. The zero-order valence-corrected chi connectivity index (χ0v) is 15.3. The molecule has 8 heteroatoms. The van der Waals surface area contributed by atoms with Crippen LogP contribution in [-0.2, 0) is 6.54 Å². The lowest BCUT2D eigenvalue weighted by Gasteiger charge is -2.03. The summed E-state index contributed by atoms with van der Waals surface area (Å²) in [6, 6.07) is 13.2. The highest BCUT2D eigenvalue weighted by Gasteiger charge is 2.15. The van der Waals surface area contributed by atoms with Gasteiger partial charge in [0.25, 0.3) is 0 Å². The molecule has 1 N–H and O–H groups in total. The first-order valence-electron chi connectivity index (χ1n) is 8.21. The molecule has 3 aromatic heterocycles. The minimum atomic E-state index is -0.363. The van der Waals surface area contributed by atoms with Gasteiger partial charge in [-0.25, -0.2) is 9.97 Å². The molecule has 3 heterocycles. The number of rotatable bonds is 6. The summed E-state index contributed by atoms with van der Waals surface area (Å²) < 4.78 is 21.3. The third-order valence-corrected chi connectivity index (χ3v) is 4.66. The minimum Gasteiger partial charge on any atom is -0.497 e. The Labute approximate surface area is 159 Å². The van der Waals surface area contributed by atoms with Crippen molar-refractivity contribution in [2.75, 3.05) is 12.4 Å². The highest BCUT2D eigenvalue weighted by atomic mass is 32.1. The van der Waals surface area contributed by atoms with Crippen LogP contribution >= 0.6 is 11.3 Å². The number of benzene rings is 1. The van der Waals surface area contributed by atoms with Crippen molar-refractivity contribution < 1.29 is 9.13 Å². The Bertz CT molecular complexity index is 1030. The van der Waals surface area contributed by atoms with E-state index in [2.05, 4.69) is 20.4 Å². The second-order valence-electron chi connectivity index (χ2n) is 5.76. The standard InChI is InChI=1S/C19H16FN5OS/c1-26-15-7-5-13(6-8-15)11-25-12-14(10-22-25)17-18(20)27-19(24-17)23-16-4-2-3-9-21-16/h2-10,12H,11H2,1H3,(H,21,23,24). The minimum absolute atomic E-state index is 0.277. The summed E-state index contributed by atoms with van der Waals surface area (Å²) in [4.78, 5) is 8.50. The van der Waals surface area contributed by atoms with Gasteiger partial charge >= 0.3 is 0 Å². The maximum absolute atomic E-state index is 14.4. The van der Waals surface area contributed by atoms with Crippen molar-refractivity contribution in [3.8, 4) is 17.0 Å². The molecule has 0 aliphatic carbocycles. The number of nitrogens with one attached hydrogen (secondary N) is 1. The molecule has 0 amide bonds. The molecule has 27 heavy (non-hydrogen) atoms. The van der Waals surface area contributed by atoms with E-state index in [9.17, 15) is 4.39 Å². The molecule has 0 bridgehead atoms. The molecule has 1 aromatic carbocycles. The van der Waals surface area contributed by atoms with Gasteiger partial charge in [0.05, 0.1) is 19.9 Å². The van der Waals surface area contributed by atoms with Gasteiger partial charge in [0.1, 0.15) is 17.3 Å². The van der Waals surface area contributed by atoms with Crippen LogP contribution in [0.5, 0.6) is 5.75 Å². The highest BCUT2D eigenvalue weighted by Crippen LogP contribution is 2.30. The van der Waals surface area contributed by atoms with E-state index in [1.165, 1.54) is 0 Å². The molecule has 0 aliphatic rings. The number of pyridine rings is 1. The number of hydrogen-bond donors (Lipinski definition) is 1. The molecular formula is C19H16FN5OS. The number of halogens is 1. The summed E-state index contributed by atoms with van der Waals surface area (Å²) in [6.07, 6.45) is 5.07. The summed E-state index contributed by atoms with van der Waals surface area (Å²) in [7, 11) is 1.63. The average molecular weight is 381 g/mol. The van der Waals surface area contributed by atoms with E-state index < -0.39 is 0 Å². The van der Waals surface area contributed by atoms with Gasteiger partial charge < -0.3 is 10.1 Å². The quantitative estimate of drug-likeness (QED) is 0.538. The fraction of sp³-hybridized carbons (Fsp3) is 0.105. The van der Waals surface area contributed by atoms with Crippen LogP contribution < -0.4 is 10.1 Å². The van der Waals surface area contributed by atoms with Crippen LogP contribution in [0.25, 0.3) is 11.3 Å². The van der Waals surface area contributed by atoms with Gasteiger partial charge in [0, 0.05) is 18.0 Å². The average Bonchev–Trinajstić information content (AvgIpc) is 3.29. The molecule has 0 radical (unpaired) electrons. The number of aromatic nitrogens is 4. The highest BCUT2D eigenvalue weighted by molar-refractivity contribution is 7.14. The summed E-state index contributed by atoms with van der Waals surface area (Å²) in [5, 5.41) is 7.41. The van der Waals surface area contributed by atoms with E-state index in [1.54, 1.807) is 36.4 Å². The van der Waals surface area contributed by atoms with Crippen molar-refractivity contribution in [1.29, 1.82) is 0 Å². The lowest BCUT2D eigenvalue weighted by Crippen LogP contribution is -1.99. The monoisotopic (exact) mass is 381 g/mol. The molecule has 0 spiro atoms. The zero-order chi connectivity index (χ0) is 18.6. The molecule has 4 aromatic rings. The van der Waals surface area contributed by atoms with E-state index >= 15 is 0 Å². The molecule has 0 aliphatic heterocycles. The number of ether oxygens (including phenoxy) is 1. The molecule has 0 unspecified atom stereocenters. The Morgan fingerprint density at radius 1 is 1.19 bits per heavy atom. The Kier molecular flexibility index (Phi) is 4.80. The molecule has 6 nitrogen and oxygen atoms in total. The predicted octanol–water partition coefficient (Wildman–Crippen LogP) is 4.34. The van der Waals surface area contributed by atoms with Crippen LogP contribution in [0.2, 0.25) is 0 Å². The fourth-order valence-electron chi connectivity index (χ4n) is 2.57. The van der Waals surface area contributed by atoms with Crippen molar-refractivity contribution >= 4 is 22.3 Å². The molecule has 4 rings (SSSR count). The van der Waals surface area contributed by atoms with Crippen LogP contribution in [0.3, 0.4) is 0 Å². The third-order valence-electron chi connectivity index (χ3n) is 3.90. The number of methoxy groups -OCH3 is 1. The number of thiazole rings is 1. The van der Waals surface area contributed by atoms with E-state index in [0.717, 1.165) is 22.6 Å². The lowest BCUT2D eigenvalue weighted by molar-refractivity contribution is 0.414. The molecule has 0 fully saturated rings. The second-order valence-corrected chi connectivity index (χ2v) is 6.71. The van der Waals surface area contributed by atoms with Gasteiger partial charge in [0.15, 0.2) is 5.13 Å². The van der Waals surface area contributed by atoms with E-state index in [4.69, 9.17) is 4.74 Å². The summed E-state index contributed by atoms with van der Waals surface area (Å²) >= 11 is 0.942. The largest absolute Gasteiger partial charge is 0.497 e. The fourth-order valence-corrected chi connectivity index (χ4v) is 3.29. The van der Waals surface area contributed by atoms with Gasteiger partial charge in [-0.05, 0) is 29.8 Å². The van der Waals surface area contributed by atoms with Crippen molar-refractivity contribution in [3.05, 3.63) is 71.7 Å². The van der Waals surface area contributed by atoms with Crippen LogP contribution in [-0.4, -0.2) is 26.9 Å². The van der Waals surface area contributed by atoms with Gasteiger partial charge in [-0.1, -0.05) is 29.5 Å². The SMILES string of the molecule is COc1ccc(Cn2cc(-c3nc(Nc4ccccn4)sc3F)cn2)cc1. The van der Waals surface area contributed by atoms with Crippen molar-refractivity contribution in [2.24, 2.45) is 0 Å². The first-order chi connectivity index (χ1) is 13.2. The topological polar surface area (TPSA) is 64.9 Å². The van der Waals surface area contributed by atoms with Crippen molar-refractivity contribution in [1.82, 2.24) is 19.7 Å². The van der Waals surface area contributed by atoms with Crippen LogP contribution in [0.1, 0.15) is 5.56 Å². The van der Waals surface area contributed by atoms with Crippen LogP contribution in [0.4, 0.5) is 15.3 Å². The van der Waals surface area contributed by atoms with Gasteiger partial charge in [0.2, 0.25) is 5.13 Å². The summed E-state index contributed by atoms with van der Waals surface area (Å²) in [5.41, 5.74) is 1.98. The molecule has 136 valence electrons. The first kappa shape index (κ1) is 17.2. The molecule has 0 saturated carbocycles. The first-order valence-corrected chi connectivity index (χ1v) is 9.03. The Morgan fingerprint density at radius 2 is 2.04 bits per heavy atom. The predicted molar refractivity (Wildman–Crippen MR) is 103 cm³/mol. The van der Waals surface area contributed by atoms with Crippen LogP contribution in [0, 0.1) is 5.13 Å². The third kappa shape index (κ3) is 3.95. The summed E-state index contributed by atoms with van der Waals surface area (Å²) in [5.74, 6) is 1.42. The molecular weight excluding hydrogens is 365 g/mol. The lowest BCUT2D eigenvalue weighted by atomic mass is 10.2. The maximum Gasteiger partial charge on any atom is 0.206 e. The zero-order valence-electron chi connectivity index (χ0n) is 14.5.